The van der Waals surface area contributed by atoms with Crippen molar-refractivity contribution in [1.82, 2.24) is 25.3 Å². The first-order valence-electron chi connectivity index (χ1n) is 17.8. The largest absolute Gasteiger partial charge is 0.418 e. The van der Waals surface area contributed by atoms with Crippen molar-refractivity contribution in [2.45, 2.75) is 69.6 Å². The molecule has 50 heavy (non-hydrogen) atoms. The molecule has 4 aliphatic heterocycles. The van der Waals surface area contributed by atoms with E-state index in [0.29, 0.717) is 57.4 Å². The third kappa shape index (κ3) is 8.25. The topological polar surface area (TPSA) is 109 Å². The van der Waals surface area contributed by atoms with E-state index in [-0.39, 0.29) is 40.7 Å². The number of hydrogen-bond acceptors (Lipinski definition) is 5. The second kappa shape index (κ2) is 15.7. The van der Waals surface area contributed by atoms with Crippen molar-refractivity contribution in [3.05, 3.63) is 58.1 Å². The maximum atomic E-state index is 14.1. The van der Waals surface area contributed by atoms with Crippen molar-refractivity contribution in [3.8, 4) is 0 Å². The van der Waals surface area contributed by atoms with Gasteiger partial charge in [-0.05, 0) is 99.2 Å². The first-order valence-corrected chi connectivity index (χ1v) is 18.2. The van der Waals surface area contributed by atoms with Crippen LogP contribution in [0.1, 0.15) is 55.2 Å². The third-order valence-corrected chi connectivity index (χ3v) is 11.3. The smallest absolute Gasteiger partial charge is 0.386 e. The zero-order valence-electron chi connectivity index (χ0n) is 28.5. The summed E-state index contributed by atoms with van der Waals surface area (Å²) in [5.41, 5.74) is 0.935. The first kappa shape index (κ1) is 36.1. The van der Waals surface area contributed by atoms with Gasteiger partial charge in [-0.1, -0.05) is 29.8 Å². The van der Waals surface area contributed by atoms with Gasteiger partial charge in [0.15, 0.2) is 0 Å². The predicted molar refractivity (Wildman–Crippen MR) is 187 cm³/mol. The molecule has 0 unspecified atom stereocenters. The number of carbonyl (C=O) groups is 3. The fourth-order valence-corrected chi connectivity index (χ4v) is 8.52. The van der Waals surface area contributed by atoms with Crippen LogP contribution in [-0.4, -0.2) is 97.6 Å². The molecule has 2 aromatic rings. The summed E-state index contributed by atoms with van der Waals surface area (Å²) in [5, 5.41) is 11.7. The average Bonchev–Trinajstić information content (AvgIpc) is 3.29. The molecule has 0 aromatic heterocycles. The standard InChI is InChI=1S/C36H47ClF3N7O3/c1-41-32-28(36(38,39)40)20-23(21-29(32)37)22-31(33(48)45-15-8-25(9-16-45)24-6-13-42-14-7-24)44-34(49)46-17-11-27(12-18-46)47-19-10-26-4-2-3-5-30(26)43-35(47)50/h2-5,20-21,24-25,27,31,41-42H,6-19,22H2,1H3,(H,43,50)(H,44,49)/t31-/m1/s1. The first-order chi connectivity index (χ1) is 24.0. The summed E-state index contributed by atoms with van der Waals surface area (Å²) < 4.78 is 42.1. The van der Waals surface area contributed by atoms with Gasteiger partial charge < -0.3 is 36.0 Å². The number of nitrogens with one attached hydrogen (secondary N) is 4. The molecule has 272 valence electrons. The van der Waals surface area contributed by atoms with Gasteiger partial charge in [0.2, 0.25) is 5.91 Å². The number of piperidine rings is 3. The molecule has 6 rings (SSSR count). The zero-order chi connectivity index (χ0) is 35.4. The monoisotopic (exact) mass is 717 g/mol. The maximum absolute atomic E-state index is 14.1. The fourth-order valence-electron chi connectivity index (χ4n) is 8.18. The number of likely N-dealkylation sites (tertiary alicyclic amines) is 2. The highest BCUT2D eigenvalue weighted by Gasteiger charge is 2.38. The van der Waals surface area contributed by atoms with Crippen LogP contribution in [0.25, 0.3) is 0 Å². The Balaban J connectivity index is 1.13. The van der Waals surface area contributed by atoms with E-state index in [1.54, 1.807) is 9.80 Å². The number of halogens is 4. The minimum atomic E-state index is -4.67. The number of nitrogens with zero attached hydrogens (tertiary/aromatic N) is 3. The van der Waals surface area contributed by atoms with Gasteiger partial charge >= 0.3 is 18.2 Å². The average molecular weight is 718 g/mol. The third-order valence-electron chi connectivity index (χ3n) is 11.0. The molecule has 4 heterocycles. The summed E-state index contributed by atoms with van der Waals surface area (Å²) in [5.74, 6) is 0.842. The second-order valence-electron chi connectivity index (χ2n) is 14.0. The van der Waals surface area contributed by atoms with Crippen LogP contribution in [0.2, 0.25) is 5.02 Å². The number of fused-ring (bicyclic) bond motifs is 1. The van der Waals surface area contributed by atoms with E-state index in [0.717, 1.165) is 62.5 Å². The van der Waals surface area contributed by atoms with Crippen LogP contribution in [0.5, 0.6) is 0 Å². The lowest BCUT2D eigenvalue weighted by molar-refractivity contribution is -0.137. The van der Waals surface area contributed by atoms with Crippen LogP contribution in [0.3, 0.4) is 0 Å². The number of hydrogen-bond donors (Lipinski definition) is 4. The van der Waals surface area contributed by atoms with E-state index in [9.17, 15) is 27.6 Å². The summed E-state index contributed by atoms with van der Waals surface area (Å²) in [4.78, 5) is 46.1. The van der Waals surface area contributed by atoms with Crippen molar-refractivity contribution >= 4 is 40.9 Å². The number of alkyl halides is 3. The van der Waals surface area contributed by atoms with Gasteiger partial charge in [0.05, 0.1) is 16.3 Å². The number of urea groups is 2. The van der Waals surface area contributed by atoms with Gasteiger partial charge in [-0.3, -0.25) is 4.79 Å². The predicted octanol–water partition coefficient (Wildman–Crippen LogP) is 5.81. The van der Waals surface area contributed by atoms with Crippen LogP contribution in [-0.2, 0) is 23.8 Å². The van der Waals surface area contributed by atoms with E-state index in [1.165, 1.54) is 13.1 Å². The Kier molecular flexibility index (Phi) is 11.3. The Labute approximate surface area is 296 Å². The maximum Gasteiger partial charge on any atom is 0.418 e. The van der Waals surface area contributed by atoms with Crippen LogP contribution < -0.4 is 21.3 Å². The van der Waals surface area contributed by atoms with Gasteiger partial charge in [0, 0.05) is 57.9 Å². The van der Waals surface area contributed by atoms with E-state index in [2.05, 4.69) is 21.3 Å². The molecule has 4 aliphatic rings. The Morgan fingerprint density at radius 1 is 0.940 bits per heavy atom. The number of amides is 5. The molecule has 2 aromatic carbocycles. The molecule has 14 heteroatoms. The van der Waals surface area contributed by atoms with Gasteiger partial charge in [-0.25, -0.2) is 9.59 Å². The molecule has 0 spiro atoms. The zero-order valence-corrected chi connectivity index (χ0v) is 29.2. The highest BCUT2D eigenvalue weighted by Crippen LogP contribution is 2.40. The molecule has 1 atom stereocenters. The lowest BCUT2D eigenvalue weighted by atomic mass is 9.79. The minimum Gasteiger partial charge on any atom is -0.386 e. The SMILES string of the molecule is CNc1c(Cl)cc(C[C@@H](NC(=O)N2CCC(N3CCc4ccccc4NC3=O)CC2)C(=O)N2CCC(C3CCNCC3)CC2)cc1C(F)(F)F. The minimum absolute atomic E-state index is 0.0550. The van der Waals surface area contributed by atoms with Gasteiger partial charge in [0.25, 0.3) is 0 Å². The summed E-state index contributed by atoms with van der Waals surface area (Å²) >= 11 is 6.30. The molecular formula is C36H47ClF3N7O3. The molecular weight excluding hydrogens is 671 g/mol. The number of anilines is 2. The molecule has 5 amide bonds. The molecule has 3 fully saturated rings. The second-order valence-corrected chi connectivity index (χ2v) is 14.4. The Hall–Kier alpha value is -3.71. The summed E-state index contributed by atoms with van der Waals surface area (Å²) in [6.07, 6.45) is 1.01. The summed E-state index contributed by atoms with van der Waals surface area (Å²) in [6.45, 7) is 4.40. The Morgan fingerprint density at radius 2 is 1.60 bits per heavy atom. The highest BCUT2D eigenvalue weighted by atomic mass is 35.5. The summed E-state index contributed by atoms with van der Waals surface area (Å²) in [6, 6.07) is 8.43. The quantitative estimate of drug-likeness (QED) is 0.289. The molecule has 10 nitrogen and oxygen atoms in total. The number of benzene rings is 2. The van der Waals surface area contributed by atoms with Gasteiger partial charge in [0.1, 0.15) is 6.04 Å². The molecule has 0 radical (unpaired) electrons. The Bertz CT molecular complexity index is 1540. The molecule has 0 aliphatic carbocycles. The normalized spacial score (nSPS) is 20.5. The lowest BCUT2D eigenvalue weighted by Gasteiger charge is -2.40. The van der Waals surface area contributed by atoms with Crippen LogP contribution >= 0.6 is 11.6 Å². The Morgan fingerprint density at radius 3 is 2.28 bits per heavy atom. The van der Waals surface area contributed by atoms with E-state index in [1.807, 2.05) is 29.2 Å². The van der Waals surface area contributed by atoms with E-state index < -0.39 is 23.8 Å². The number of carbonyl (C=O) groups excluding carboxylic acids is 3. The van der Waals surface area contributed by atoms with Crippen LogP contribution in [0.15, 0.2) is 36.4 Å². The van der Waals surface area contributed by atoms with Crippen LogP contribution in [0.4, 0.5) is 34.1 Å². The van der Waals surface area contributed by atoms with Crippen molar-refractivity contribution in [3.63, 3.8) is 0 Å². The molecule has 4 N–H and O–H groups in total. The van der Waals surface area contributed by atoms with E-state index >= 15 is 0 Å². The van der Waals surface area contributed by atoms with Crippen molar-refractivity contribution in [1.29, 1.82) is 0 Å². The molecule has 0 bridgehead atoms. The lowest BCUT2D eigenvalue weighted by Crippen LogP contribution is -2.57. The highest BCUT2D eigenvalue weighted by molar-refractivity contribution is 6.33. The fraction of sp³-hybridized carbons (Fsp3) is 0.583. The number of para-hydroxylation sites is 1. The molecule has 3 saturated heterocycles. The van der Waals surface area contributed by atoms with Gasteiger partial charge in [-0.15, -0.1) is 0 Å². The van der Waals surface area contributed by atoms with Crippen molar-refractivity contribution in [2.75, 3.05) is 63.5 Å². The summed E-state index contributed by atoms with van der Waals surface area (Å²) in [7, 11) is 1.37. The van der Waals surface area contributed by atoms with Crippen molar-refractivity contribution < 1.29 is 27.6 Å². The van der Waals surface area contributed by atoms with Gasteiger partial charge in [-0.2, -0.15) is 13.2 Å². The van der Waals surface area contributed by atoms with E-state index in [4.69, 9.17) is 11.6 Å². The molecule has 0 saturated carbocycles. The van der Waals surface area contributed by atoms with Crippen molar-refractivity contribution in [2.24, 2.45) is 11.8 Å². The van der Waals surface area contributed by atoms with Crippen LogP contribution in [0, 0.1) is 11.8 Å². The number of rotatable bonds is 7.